The zero-order chi connectivity index (χ0) is 39.0. The van der Waals surface area contributed by atoms with Crippen molar-refractivity contribution in [3.63, 3.8) is 0 Å². The average molecular weight is 748 g/mol. The third-order valence-corrected chi connectivity index (χ3v) is 8.68. The SMILES string of the molecule is CN1CCCC1=O.O=[N+]([O-])c1cc([N+](=O)[O-])c2cc1oc1cc3ccccc3cc1oc1cc(oc3cc4ccccc4cc3o2)c([N+](=O)[O-])cc1[N+](=O)[O-]. The molecule has 18 heteroatoms. The predicted octanol–water partition coefficient (Wildman–Crippen LogP) is 9.66. The summed E-state index contributed by atoms with van der Waals surface area (Å²) in [5, 5.41) is 50.9. The second-order valence-corrected chi connectivity index (χ2v) is 12.2. The van der Waals surface area contributed by atoms with E-state index < -0.39 is 64.8 Å². The zero-order valence-electron chi connectivity index (χ0n) is 28.4. The molecule has 55 heavy (non-hydrogen) atoms. The number of nitrogens with zero attached hydrogens (tertiary/aromatic N) is 5. The van der Waals surface area contributed by atoms with E-state index in [0.717, 1.165) is 31.5 Å². The summed E-state index contributed by atoms with van der Waals surface area (Å²) in [7, 11) is 1.84. The Kier molecular flexibility index (Phi) is 9.21. The second-order valence-electron chi connectivity index (χ2n) is 12.2. The summed E-state index contributed by atoms with van der Waals surface area (Å²) in [6.07, 6.45) is 1.81. The monoisotopic (exact) mass is 747 g/mol. The molecule has 0 spiro atoms. The number of nitro benzene ring substituents is 4. The number of amides is 1. The van der Waals surface area contributed by atoms with Gasteiger partial charge in [-0.3, -0.25) is 45.3 Å². The number of carbonyl (C=O) groups excluding carboxylic acids is 1. The van der Waals surface area contributed by atoms with Crippen LogP contribution < -0.4 is 0 Å². The highest BCUT2D eigenvalue weighted by molar-refractivity contribution is 5.96. The second kappa shape index (κ2) is 14.3. The molecule has 2 heterocycles. The van der Waals surface area contributed by atoms with Crippen LogP contribution >= 0.6 is 0 Å². The Hall–Kier alpha value is -7.89. The molecule has 1 saturated heterocycles. The Bertz CT molecular complexity index is 2580. The van der Waals surface area contributed by atoms with Crippen LogP contribution in [-0.2, 0) is 4.79 Å². The number of hydrogen-bond donors (Lipinski definition) is 0. The quantitative estimate of drug-likeness (QED) is 0.120. The van der Waals surface area contributed by atoms with Crippen molar-refractivity contribution in [3.8, 4) is 0 Å². The maximum atomic E-state index is 12.1. The number of hydrogen-bond acceptors (Lipinski definition) is 13. The molecular formula is C37H25N5O13. The molecular weight excluding hydrogens is 722 g/mol. The van der Waals surface area contributed by atoms with Crippen LogP contribution in [0.2, 0.25) is 0 Å². The molecule has 7 aromatic rings. The summed E-state index contributed by atoms with van der Waals surface area (Å²) in [5.74, 6) is 0.292. The van der Waals surface area contributed by atoms with Gasteiger partial charge in [-0.2, -0.15) is 0 Å². The Morgan fingerprint density at radius 1 is 0.473 bits per heavy atom. The molecule has 0 saturated carbocycles. The van der Waals surface area contributed by atoms with Gasteiger partial charge in [-0.25, -0.2) is 0 Å². The maximum absolute atomic E-state index is 12.1. The number of rotatable bonds is 4. The first kappa shape index (κ1) is 35.5. The summed E-state index contributed by atoms with van der Waals surface area (Å²) >= 11 is 0. The van der Waals surface area contributed by atoms with E-state index in [1.54, 1.807) is 53.4 Å². The fraction of sp³-hybridized carbons (Fsp3) is 0.108. The smallest absolute Gasteiger partial charge is 0.318 e. The molecule has 0 aliphatic carbocycles. The number of benzene rings is 6. The van der Waals surface area contributed by atoms with E-state index in [0.29, 0.717) is 39.6 Å². The molecule has 0 radical (unpaired) electrons. The first-order valence-corrected chi connectivity index (χ1v) is 16.3. The minimum Gasteiger partial charge on any atom is -0.446 e. The van der Waals surface area contributed by atoms with E-state index in [1.807, 2.05) is 7.05 Å². The zero-order valence-corrected chi connectivity index (χ0v) is 28.4. The van der Waals surface area contributed by atoms with Crippen molar-refractivity contribution in [2.75, 3.05) is 13.6 Å². The average Bonchev–Trinajstić information content (AvgIpc) is 3.52. The number of non-ortho nitro benzene ring substituents is 4. The van der Waals surface area contributed by atoms with Crippen LogP contribution in [0.15, 0.2) is 115 Å². The number of nitro groups is 4. The predicted molar refractivity (Wildman–Crippen MR) is 198 cm³/mol. The van der Waals surface area contributed by atoms with Crippen LogP contribution in [0.1, 0.15) is 12.8 Å². The molecule has 1 amide bonds. The molecule has 18 nitrogen and oxygen atoms in total. The first-order valence-electron chi connectivity index (χ1n) is 16.3. The molecule has 0 atom stereocenters. The van der Waals surface area contributed by atoms with E-state index in [9.17, 15) is 45.3 Å². The Balaban J connectivity index is 0.000000599. The van der Waals surface area contributed by atoms with Gasteiger partial charge in [0.25, 0.3) is 0 Å². The molecule has 1 aliphatic rings. The van der Waals surface area contributed by atoms with Crippen molar-refractivity contribution >= 4 is 94.9 Å². The number of carbonyl (C=O) groups is 1. The van der Waals surface area contributed by atoms with Crippen LogP contribution in [0.3, 0.4) is 0 Å². The minimum atomic E-state index is -0.880. The van der Waals surface area contributed by atoms with Gasteiger partial charge in [0, 0.05) is 32.1 Å². The highest BCUT2D eigenvalue weighted by atomic mass is 16.6. The normalized spacial score (nSPS) is 12.5. The molecule has 1 aliphatic heterocycles. The van der Waals surface area contributed by atoms with Gasteiger partial charge in [0.05, 0.1) is 19.7 Å². The molecule has 0 N–H and O–H groups in total. The third kappa shape index (κ3) is 7.14. The summed E-state index contributed by atoms with van der Waals surface area (Å²) in [5.41, 5.74) is -5.86. The highest BCUT2D eigenvalue weighted by Gasteiger charge is 2.25. The molecule has 8 rings (SSSR count). The lowest BCUT2D eigenvalue weighted by Gasteiger charge is -2.03. The Morgan fingerprint density at radius 2 is 0.764 bits per heavy atom. The van der Waals surface area contributed by atoms with Gasteiger partial charge in [0.2, 0.25) is 28.2 Å². The lowest BCUT2D eigenvalue weighted by molar-refractivity contribution is -0.393. The van der Waals surface area contributed by atoms with Crippen LogP contribution in [0.5, 0.6) is 0 Å². The fourth-order valence-corrected chi connectivity index (χ4v) is 5.95. The van der Waals surface area contributed by atoms with Gasteiger partial charge >= 0.3 is 22.7 Å². The summed E-state index contributed by atoms with van der Waals surface area (Å²) < 4.78 is 24.0. The van der Waals surface area contributed by atoms with Crippen molar-refractivity contribution in [1.29, 1.82) is 0 Å². The number of likely N-dealkylation sites (tertiary alicyclic amines) is 1. The minimum absolute atomic E-state index is 0.185. The van der Waals surface area contributed by atoms with Crippen molar-refractivity contribution in [1.82, 2.24) is 4.90 Å². The van der Waals surface area contributed by atoms with Gasteiger partial charge in [-0.15, -0.1) is 0 Å². The molecule has 6 aromatic carbocycles. The molecule has 1 fully saturated rings. The summed E-state index contributed by atoms with van der Waals surface area (Å²) in [6.45, 7) is 0.957. The topological polar surface area (TPSA) is 245 Å². The van der Waals surface area contributed by atoms with E-state index in [2.05, 4.69) is 0 Å². The van der Waals surface area contributed by atoms with Crippen LogP contribution in [0.25, 0.3) is 66.2 Å². The largest absolute Gasteiger partial charge is 0.446 e. The van der Waals surface area contributed by atoms with Crippen LogP contribution in [-0.4, -0.2) is 44.1 Å². The molecule has 4 bridgehead atoms. The van der Waals surface area contributed by atoms with Gasteiger partial charge in [-0.05, 0) is 52.2 Å². The molecule has 1 aromatic heterocycles. The number of fused-ring (bicyclic) bond motifs is 8. The lowest BCUT2D eigenvalue weighted by Crippen LogP contribution is -2.17. The van der Waals surface area contributed by atoms with Gasteiger partial charge < -0.3 is 22.6 Å². The molecule has 276 valence electrons. The fourth-order valence-electron chi connectivity index (χ4n) is 5.95. The van der Waals surface area contributed by atoms with E-state index in [1.165, 1.54) is 24.3 Å². The summed E-state index contributed by atoms with van der Waals surface area (Å²) in [6, 6.07) is 22.6. The maximum Gasteiger partial charge on any atom is 0.318 e. The van der Waals surface area contributed by atoms with Crippen LogP contribution in [0, 0.1) is 40.5 Å². The van der Waals surface area contributed by atoms with E-state index in [-0.39, 0.29) is 22.3 Å². The van der Waals surface area contributed by atoms with Crippen molar-refractivity contribution in [3.05, 3.63) is 138 Å². The van der Waals surface area contributed by atoms with Gasteiger partial charge in [0.15, 0.2) is 22.3 Å². The van der Waals surface area contributed by atoms with Crippen LogP contribution in [0.4, 0.5) is 22.7 Å². The molecule has 0 unspecified atom stereocenters. The van der Waals surface area contributed by atoms with Crippen molar-refractivity contribution in [2.24, 2.45) is 0 Å². The van der Waals surface area contributed by atoms with Crippen molar-refractivity contribution in [2.45, 2.75) is 12.8 Å². The third-order valence-electron chi connectivity index (χ3n) is 8.68. The van der Waals surface area contributed by atoms with Gasteiger partial charge in [-0.1, -0.05) is 48.5 Å². The van der Waals surface area contributed by atoms with E-state index in [4.69, 9.17) is 17.7 Å². The Labute approximate surface area is 305 Å². The lowest BCUT2D eigenvalue weighted by atomic mass is 10.1. The van der Waals surface area contributed by atoms with Crippen molar-refractivity contribution < 1.29 is 42.2 Å². The highest BCUT2D eigenvalue weighted by Crippen LogP contribution is 2.36. The standard InChI is InChI=1S/C32H16N4O12.C5H9NO/c37-33(38)21-13-23(35(41)42)27-15-25(21)45-29-9-17-5-1-2-6-18(17)10-30(29)46-26-16-28(24(36(43)44)14-22(26)34(39)40)48-32-12-20-8-4-3-7-19(20)11-31(32)47-27;1-6-4-2-3-5(6)7/h1-16H;2-4H2,1H3. The van der Waals surface area contributed by atoms with E-state index >= 15 is 0 Å². The Morgan fingerprint density at radius 3 is 0.964 bits per heavy atom. The summed E-state index contributed by atoms with van der Waals surface area (Å²) in [4.78, 5) is 57.3. The first-order chi connectivity index (χ1) is 26.4. The van der Waals surface area contributed by atoms with Gasteiger partial charge in [0.1, 0.15) is 12.1 Å².